The van der Waals surface area contributed by atoms with E-state index in [0.717, 1.165) is 28.0 Å². The monoisotopic (exact) mass is 432 g/mol. The second-order valence-corrected chi connectivity index (χ2v) is 9.52. The number of hydrogen-bond acceptors (Lipinski definition) is 3. The maximum atomic E-state index is 13.4. The molecule has 1 unspecified atom stereocenters. The summed E-state index contributed by atoms with van der Waals surface area (Å²) in [6.45, 7) is 16.9. The van der Waals surface area contributed by atoms with Crippen LogP contribution in [-0.2, 0) is 10.2 Å². The third-order valence-electron chi connectivity index (χ3n) is 6.40. The van der Waals surface area contributed by atoms with Gasteiger partial charge in [-0.2, -0.15) is 0 Å². The summed E-state index contributed by atoms with van der Waals surface area (Å²) in [6, 6.07) is 10.6. The SMILES string of the molecule is C=CNCC(C)N(C)C(=O)C(C)(C)c1ccc2[nH]c(-c3ccnc(C)c3)c(C(C)C)c2c1. The van der Waals surface area contributed by atoms with Crippen LogP contribution < -0.4 is 5.32 Å². The van der Waals surface area contributed by atoms with E-state index in [4.69, 9.17) is 0 Å². The van der Waals surface area contributed by atoms with Gasteiger partial charge in [0.1, 0.15) is 0 Å². The fourth-order valence-corrected chi connectivity index (χ4v) is 4.29. The van der Waals surface area contributed by atoms with Crippen molar-refractivity contribution >= 4 is 16.8 Å². The maximum Gasteiger partial charge on any atom is 0.232 e. The van der Waals surface area contributed by atoms with Crippen LogP contribution in [0.25, 0.3) is 22.2 Å². The minimum Gasteiger partial charge on any atom is -0.389 e. The molecule has 0 fully saturated rings. The molecule has 5 heteroatoms. The molecule has 5 nitrogen and oxygen atoms in total. The first-order valence-corrected chi connectivity index (χ1v) is 11.3. The highest BCUT2D eigenvalue weighted by Crippen LogP contribution is 2.38. The highest BCUT2D eigenvalue weighted by atomic mass is 16.2. The van der Waals surface area contributed by atoms with Gasteiger partial charge >= 0.3 is 0 Å². The van der Waals surface area contributed by atoms with Crippen LogP contribution in [0.15, 0.2) is 49.3 Å². The topological polar surface area (TPSA) is 61.0 Å². The fourth-order valence-electron chi connectivity index (χ4n) is 4.29. The fraction of sp³-hybridized carbons (Fsp3) is 0.407. The highest BCUT2D eigenvalue weighted by molar-refractivity contribution is 5.94. The van der Waals surface area contributed by atoms with E-state index in [9.17, 15) is 4.79 Å². The standard InChI is InChI=1S/C27H36N4O/c1-9-28-16-19(5)31(8)26(32)27(6,7)21-10-11-23-22(15-21)24(17(2)3)25(30-23)20-12-13-29-18(4)14-20/h9-15,17,19,28,30H,1,16H2,2-8H3. The molecular weight excluding hydrogens is 396 g/mol. The predicted octanol–water partition coefficient (Wildman–Crippen LogP) is 5.52. The molecule has 0 aliphatic carbocycles. The van der Waals surface area contributed by atoms with Gasteiger partial charge in [0.15, 0.2) is 0 Å². The van der Waals surface area contributed by atoms with Crippen molar-refractivity contribution in [2.75, 3.05) is 13.6 Å². The van der Waals surface area contributed by atoms with Gasteiger partial charge in [-0.15, -0.1) is 0 Å². The number of aromatic nitrogens is 2. The van der Waals surface area contributed by atoms with Crippen LogP contribution in [0.5, 0.6) is 0 Å². The van der Waals surface area contributed by atoms with Gasteiger partial charge in [-0.3, -0.25) is 9.78 Å². The molecular formula is C27H36N4O. The summed E-state index contributed by atoms with van der Waals surface area (Å²) in [7, 11) is 1.87. The van der Waals surface area contributed by atoms with Gasteiger partial charge in [-0.05, 0) is 75.2 Å². The number of rotatable bonds is 8. The molecule has 3 rings (SSSR count). The molecule has 0 spiro atoms. The van der Waals surface area contributed by atoms with Crippen LogP contribution in [0, 0.1) is 6.92 Å². The Morgan fingerprint density at radius 1 is 1.25 bits per heavy atom. The molecule has 0 radical (unpaired) electrons. The van der Waals surface area contributed by atoms with Crippen LogP contribution in [0.2, 0.25) is 0 Å². The Labute approximate surface area is 191 Å². The summed E-state index contributed by atoms with van der Waals surface area (Å²) in [4.78, 5) is 23.2. The molecule has 2 heterocycles. The molecule has 0 saturated heterocycles. The Balaban J connectivity index is 2.06. The zero-order chi connectivity index (χ0) is 23.6. The molecule has 1 amide bonds. The van der Waals surface area contributed by atoms with Crippen LogP contribution in [0.1, 0.15) is 57.4 Å². The molecule has 2 N–H and O–H groups in total. The average Bonchev–Trinajstić information content (AvgIpc) is 3.15. The van der Waals surface area contributed by atoms with Crippen LogP contribution >= 0.6 is 0 Å². The number of carbonyl (C=O) groups excluding carboxylic acids is 1. The highest BCUT2D eigenvalue weighted by Gasteiger charge is 2.34. The quantitative estimate of drug-likeness (QED) is 0.493. The zero-order valence-corrected chi connectivity index (χ0v) is 20.4. The number of fused-ring (bicyclic) bond motifs is 1. The molecule has 1 aromatic carbocycles. The van der Waals surface area contributed by atoms with E-state index in [1.807, 2.05) is 51.9 Å². The van der Waals surface area contributed by atoms with E-state index in [1.54, 1.807) is 6.20 Å². The summed E-state index contributed by atoms with van der Waals surface area (Å²) >= 11 is 0. The number of pyridine rings is 1. The molecule has 0 bridgehead atoms. The first-order chi connectivity index (χ1) is 15.1. The Kier molecular flexibility index (Phi) is 6.77. The lowest BCUT2D eigenvalue weighted by Crippen LogP contribution is -2.48. The molecule has 1 atom stereocenters. The number of nitrogens with one attached hydrogen (secondary N) is 2. The number of H-pyrrole nitrogens is 1. The summed E-state index contributed by atoms with van der Waals surface area (Å²) in [6.07, 6.45) is 3.51. The number of hydrogen-bond donors (Lipinski definition) is 2. The van der Waals surface area contributed by atoms with Gasteiger partial charge < -0.3 is 15.2 Å². The normalized spacial score (nSPS) is 12.8. The van der Waals surface area contributed by atoms with Crippen LogP contribution in [0.4, 0.5) is 0 Å². The third kappa shape index (κ3) is 4.43. The van der Waals surface area contributed by atoms with Crippen molar-refractivity contribution in [2.45, 2.75) is 58.9 Å². The Bertz CT molecular complexity index is 1130. The average molecular weight is 433 g/mol. The molecule has 0 aliphatic heterocycles. The van der Waals surface area contributed by atoms with E-state index < -0.39 is 5.41 Å². The molecule has 170 valence electrons. The van der Waals surface area contributed by atoms with Gasteiger partial charge in [0.25, 0.3) is 0 Å². The van der Waals surface area contributed by atoms with Crippen molar-refractivity contribution in [3.8, 4) is 11.3 Å². The van der Waals surface area contributed by atoms with Gasteiger partial charge in [-0.1, -0.05) is 26.5 Å². The smallest absolute Gasteiger partial charge is 0.232 e. The Morgan fingerprint density at radius 3 is 2.59 bits per heavy atom. The minimum absolute atomic E-state index is 0.0588. The summed E-state index contributed by atoms with van der Waals surface area (Å²) < 4.78 is 0. The largest absolute Gasteiger partial charge is 0.389 e. The van der Waals surface area contributed by atoms with Crippen molar-refractivity contribution in [2.24, 2.45) is 0 Å². The molecule has 0 saturated carbocycles. The van der Waals surface area contributed by atoms with Crippen molar-refractivity contribution < 1.29 is 4.79 Å². The van der Waals surface area contributed by atoms with E-state index in [2.05, 4.69) is 60.0 Å². The first kappa shape index (κ1) is 23.6. The predicted molar refractivity (Wildman–Crippen MR) is 134 cm³/mol. The first-order valence-electron chi connectivity index (χ1n) is 11.3. The van der Waals surface area contributed by atoms with Gasteiger partial charge in [0.2, 0.25) is 5.91 Å². The number of likely N-dealkylation sites (N-methyl/N-ethyl adjacent to an activating group) is 1. The lowest BCUT2D eigenvalue weighted by atomic mass is 9.81. The minimum atomic E-state index is -0.648. The second-order valence-electron chi connectivity index (χ2n) is 9.52. The number of benzene rings is 1. The van der Waals surface area contributed by atoms with Crippen molar-refractivity contribution in [3.63, 3.8) is 0 Å². The zero-order valence-electron chi connectivity index (χ0n) is 20.4. The lowest BCUT2D eigenvalue weighted by molar-refractivity contribution is -0.136. The molecule has 0 aliphatic rings. The molecule has 2 aromatic heterocycles. The van der Waals surface area contributed by atoms with E-state index >= 15 is 0 Å². The number of amides is 1. The van der Waals surface area contributed by atoms with Crippen LogP contribution in [0.3, 0.4) is 0 Å². The third-order valence-corrected chi connectivity index (χ3v) is 6.40. The van der Waals surface area contributed by atoms with Crippen molar-refractivity contribution in [1.29, 1.82) is 0 Å². The Hall–Kier alpha value is -3.08. The van der Waals surface area contributed by atoms with Gasteiger partial charge in [0, 0.05) is 48.0 Å². The summed E-state index contributed by atoms with van der Waals surface area (Å²) in [5.41, 5.74) is 5.98. The number of nitrogens with zero attached hydrogens (tertiary/aromatic N) is 2. The summed E-state index contributed by atoms with van der Waals surface area (Å²) in [5.74, 6) is 0.427. The van der Waals surface area contributed by atoms with Crippen molar-refractivity contribution in [1.82, 2.24) is 20.2 Å². The van der Waals surface area contributed by atoms with E-state index in [-0.39, 0.29) is 11.9 Å². The molecule has 3 aromatic rings. The van der Waals surface area contributed by atoms with E-state index in [1.165, 1.54) is 10.9 Å². The lowest BCUT2D eigenvalue weighted by Gasteiger charge is -2.33. The maximum absolute atomic E-state index is 13.4. The number of aromatic amines is 1. The van der Waals surface area contributed by atoms with E-state index in [0.29, 0.717) is 12.5 Å². The van der Waals surface area contributed by atoms with Gasteiger partial charge in [-0.25, -0.2) is 0 Å². The van der Waals surface area contributed by atoms with Crippen LogP contribution in [-0.4, -0.2) is 40.4 Å². The van der Waals surface area contributed by atoms with Crippen molar-refractivity contribution in [3.05, 3.63) is 66.1 Å². The van der Waals surface area contributed by atoms with Gasteiger partial charge in [0.05, 0.1) is 11.1 Å². The molecule has 32 heavy (non-hydrogen) atoms. The second kappa shape index (κ2) is 9.19. The Morgan fingerprint density at radius 2 is 1.97 bits per heavy atom. The summed E-state index contributed by atoms with van der Waals surface area (Å²) in [5, 5.41) is 4.28. The number of carbonyl (C=O) groups is 1. The number of aryl methyl sites for hydroxylation is 1.